The summed E-state index contributed by atoms with van der Waals surface area (Å²) < 4.78 is 0. The molecule has 2 rings (SSSR count). The Morgan fingerprint density at radius 2 is 2.00 bits per heavy atom. The van der Waals surface area contributed by atoms with Gasteiger partial charge in [-0.25, -0.2) is 4.98 Å². The van der Waals surface area contributed by atoms with Gasteiger partial charge in [0, 0.05) is 32.0 Å². The maximum absolute atomic E-state index is 11.9. The van der Waals surface area contributed by atoms with Crippen LogP contribution in [0.3, 0.4) is 0 Å². The smallest absolute Gasteiger partial charge is 0.290 e. The van der Waals surface area contributed by atoms with Gasteiger partial charge in [-0.2, -0.15) is 0 Å². The molecule has 2 heterocycles. The molecule has 1 saturated heterocycles. The van der Waals surface area contributed by atoms with E-state index in [-0.39, 0.29) is 23.6 Å². The summed E-state index contributed by atoms with van der Waals surface area (Å²) in [5.41, 5.74) is 0. The van der Waals surface area contributed by atoms with Crippen LogP contribution in [0.2, 0.25) is 0 Å². The molecule has 2 amide bonds. The van der Waals surface area contributed by atoms with Crippen molar-refractivity contribution in [1.82, 2.24) is 25.4 Å². The molecule has 116 valence electrons. The van der Waals surface area contributed by atoms with E-state index >= 15 is 0 Å². The SMILES string of the molecule is CC(C)c1nc(C(=O)NCCC(=O)N2CCCCC2)n[nH]1. The van der Waals surface area contributed by atoms with Crippen molar-refractivity contribution in [3.63, 3.8) is 0 Å². The van der Waals surface area contributed by atoms with Gasteiger partial charge in [0.05, 0.1) is 0 Å². The Kier molecular flexibility index (Phi) is 5.30. The minimum atomic E-state index is -0.343. The van der Waals surface area contributed by atoms with Crippen LogP contribution in [0.15, 0.2) is 0 Å². The molecule has 1 aliphatic heterocycles. The van der Waals surface area contributed by atoms with Gasteiger partial charge in [0.1, 0.15) is 5.82 Å². The number of hydrogen-bond donors (Lipinski definition) is 2. The van der Waals surface area contributed by atoms with E-state index in [9.17, 15) is 9.59 Å². The molecule has 1 aromatic rings. The number of aromatic nitrogens is 3. The minimum Gasteiger partial charge on any atom is -0.349 e. The number of piperidine rings is 1. The number of nitrogens with one attached hydrogen (secondary N) is 2. The zero-order valence-corrected chi connectivity index (χ0v) is 12.7. The van der Waals surface area contributed by atoms with Gasteiger partial charge < -0.3 is 10.2 Å². The molecule has 0 aliphatic carbocycles. The molecule has 21 heavy (non-hydrogen) atoms. The van der Waals surface area contributed by atoms with Crippen molar-refractivity contribution >= 4 is 11.8 Å². The predicted octanol–water partition coefficient (Wildman–Crippen LogP) is 1.06. The Morgan fingerprint density at radius 1 is 1.29 bits per heavy atom. The zero-order chi connectivity index (χ0) is 15.2. The van der Waals surface area contributed by atoms with Crippen LogP contribution in [-0.4, -0.2) is 51.5 Å². The highest BCUT2D eigenvalue weighted by Gasteiger charge is 2.17. The van der Waals surface area contributed by atoms with Crippen molar-refractivity contribution < 1.29 is 9.59 Å². The fourth-order valence-electron chi connectivity index (χ4n) is 2.30. The van der Waals surface area contributed by atoms with E-state index in [0.29, 0.717) is 18.8 Å². The van der Waals surface area contributed by atoms with Crippen LogP contribution in [0.1, 0.15) is 61.9 Å². The normalized spacial score (nSPS) is 15.3. The van der Waals surface area contributed by atoms with Crippen LogP contribution >= 0.6 is 0 Å². The maximum Gasteiger partial charge on any atom is 0.290 e. The number of likely N-dealkylation sites (tertiary alicyclic amines) is 1. The lowest BCUT2D eigenvalue weighted by Crippen LogP contribution is -2.37. The van der Waals surface area contributed by atoms with E-state index in [1.54, 1.807) is 0 Å². The largest absolute Gasteiger partial charge is 0.349 e. The molecule has 0 radical (unpaired) electrons. The lowest BCUT2D eigenvalue weighted by atomic mass is 10.1. The summed E-state index contributed by atoms with van der Waals surface area (Å²) in [6, 6.07) is 0. The molecule has 1 fully saturated rings. The number of H-pyrrole nitrogens is 1. The van der Waals surface area contributed by atoms with Crippen molar-refractivity contribution in [1.29, 1.82) is 0 Å². The molecular weight excluding hydrogens is 270 g/mol. The molecule has 7 heteroatoms. The number of carbonyl (C=O) groups is 2. The maximum atomic E-state index is 11.9. The summed E-state index contributed by atoms with van der Waals surface area (Å²) in [7, 11) is 0. The third-order valence-electron chi connectivity index (χ3n) is 3.59. The topological polar surface area (TPSA) is 91.0 Å². The third-order valence-corrected chi connectivity index (χ3v) is 3.59. The molecule has 1 aromatic heterocycles. The molecule has 0 saturated carbocycles. The number of rotatable bonds is 5. The van der Waals surface area contributed by atoms with E-state index in [1.807, 2.05) is 18.7 Å². The van der Waals surface area contributed by atoms with Crippen LogP contribution in [0.4, 0.5) is 0 Å². The van der Waals surface area contributed by atoms with Crippen molar-refractivity contribution in [3.05, 3.63) is 11.6 Å². The van der Waals surface area contributed by atoms with Crippen LogP contribution < -0.4 is 5.32 Å². The van der Waals surface area contributed by atoms with Crippen LogP contribution in [0.5, 0.6) is 0 Å². The first kappa shape index (κ1) is 15.5. The Labute approximate surface area is 124 Å². The number of hydrogen-bond acceptors (Lipinski definition) is 4. The van der Waals surface area contributed by atoms with Gasteiger partial charge in [0.2, 0.25) is 11.7 Å². The van der Waals surface area contributed by atoms with Crippen molar-refractivity contribution in [2.24, 2.45) is 0 Å². The number of carbonyl (C=O) groups excluding carboxylic acids is 2. The molecular formula is C14H23N5O2. The first-order valence-electron chi connectivity index (χ1n) is 7.56. The van der Waals surface area contributed by atoms with Gasteiger partial charge in [-0.05, 0) is 19.3 Å². The number of amides is 2. The molecule has 0 unspecified atom stereocenters. The van der Waals surface area contributed by atoms with Gasteiger partial charge in [-0.3, -0.25) is 14.7 Å². The molecule has 0 atom stereocenters. The second-order valence-electron chi connectivity index (χ2n) is 5.65. The van der Waals surface area contributed by atoms with Crippen molar-refractivity contribution in [3.8, 4) is 0 Å². The highest BCUT2D eigenvalue weighted by atomic mass is 16.2. The second-order valence-corrected chi connectivity index (χ2v) is 5.65. The van der Waals surface area contributed by atoms with Gasteiger partial charge in [-0.15, -0.1) is 5.10 Å². The first-order valence-corrected chi connectivity index (χ1v) is 7.56. The Morgan fingerprint density at radius 3 is 2.62 bits per heavy atom. The second kappa shape index (κ2) is 7.19. The molecule has 1 aliphatic rings. The molecule has 7 nitrogen and oxygen atoms in total. The monoisotopic (exact) mass is 293 g/mol. The average Bonchev–Trinajstić information content (AvgIpc) is 2.98. The lowest BCUT2D eigenvalue weighted by molar-refractivity contribution is -0.131. The van der Waals surface area contributed by atoms with E-state index in [1.165, 1.54) is 6.42 Å². The standard InChI is InChI=1S/C14H23N5O2/c1-10(2)12-16-13(18-17-12)14(21)15-7-6-11(20)19-8-4-3-5-9-19/h10H,3-9H2,1-2H3,(H,15,21)(H,16,17,18). The van der Waals surface area contributed by atoms with Gasteiger partial charge in [0.15, 0.2) is 0 Å². The third kappa shape index (κ3) is 4.27. The summed E-state index contributed by atoms with van der Waals surface area (Å²) >= 11 is 0. The quantitative estimate of drug-likeness (QED) is 0.849. The Balaban J connectivity index is 1.74. The molecule has 0 spiro atoms. The van der Waals surface area contributed by atoms with E-state index < -0.39 is 0 Å². The summed E-state index contributed by atoms with van der Waals surface area (Å²) in [6.45, 7) is 5.94. The molecule has 0 aromatic carbocycles. The van der Waals surface area contributed by atoms with E-state index in [4.69, 9.17) is 0 Å². The van der Waals surface area contributed by atoms with E-state index in [2.05, 4.69) is 20.5 Å². The number of nitrogens with zero attached hydrogens (tertiary/aromatic N) is 3. The van der Waals surface area contributed by atoms with Crippen LogP contribution in [-0.2, 0) is 4.79 Å². The Bertz CT molecular complexity index is 491. The van der Waals surface area contributed by atoms with Crippen molar-refractivity contribution in [2.45, 2.75) is 45.4 Å². The fourth-order valence-corrected chi connectivity index (χ4v) is 2.30. The highest BCUT2D eigenvalue weighted by molar-refractivity contribution is 5.90. The predicted molar refractivity (Wildman–Crippen MR) is 77.9 cm³/mol. The highest BCUT2D eigenvalue weighted by Crippen LogP contribution is 2.10. The van der Waals surface area contributed by atoms with Crippen LogP contribution in [0.25, 0.3) is 0 Å². The molecule has 2 N–H and O–H groups in total. The summed E-state index contributed by atoms with van der Waals surface area (Å²) in [5, 5.41) is 9.31. The van der Waals surface area contributed by atoms with Crippen LogP contribution in [0, 0.1) is 0 Å². The average molecular weight is 293 g/mol. The summed E-state index contributed by atoms with van der Waals surface area (Å²) in [5.74, 6) is 0.769. The zero-order valence-electron chi connectivity index (χ0n) is 12.7. The van der Waals surface area contributed by atoms with Gasteiger partial charge in [-0.1, -0.05) is 13.8 Å². The Hall–Kier alpha value is -1.92. The van der Waals surface area contributed by atoms with Gasteiger partial charge in [0.25, 0.3) is 5.91 Å². The summed E-state index contributed by atoms with van der Waals surface area (Å²) in [6.07, 6.45) is 3.68. The molecule has 0 bridgehead atoms. The minimum absolute atomic E-state index is 0.104. The van der Waals surface area contributed by atoms with Crippen molar-refractivity contribution in [2.75, 3.05) is 19.6 Å². The lowest BCUT2D eigenvalue weighted by Gasteiger charge is -2.26. The fraction of sp³-hybridized carbons (Fsp3) is 0.714. The van der Waals surface area contributed by atoms with E-state index in [0.717, 1.165) is 25.9 Å². The summed E-state index contributed by atoms with van der Waals surface area (Å²) in [4.78, 5) is 29.8. The first-order chi connectivity index (χ1) is 10.1. The van der Waals surface area contributed by atoms with Gasteiger partial charge >= 0.3 is 0 Å². The number of aromatic amines is 1.